The van der Waals surface area contributed by atoms with Crippen molar-refractivity contribution in [2.24, 2.45) is 7.05 Å². The molecule has 3 heterocycles. The van der Waals surface area contributed by atoms with Gasteiger partial charge >= 0.3 is 0 Å². The lowest BCUT2D eigenvalue weighted by Gasteiger charge is -2.20. The summed E-state index contributed by atoms with van der Waals surface area (Å²) in [5.74, 6) is 0.870. The molecule has 1 aromatic carbocycles. The fraction of sp³-hybridized carbons (Fsp3) is 0.217. The maximum atomic E-state index is 10.0. The fourth-order valence-corrected chi connectivity index (χ4v) is 3.71. The Labute approximate surface area is 185 Å². The first-order valence-electron chi connectivity index (χ1n) is 9.96. The first kappa shape index (κ1) is 20.9. The molecule has 0 amide bonds. The van der Waals surface area contributed by atoms with Gasteiger partial charge in [0.1, 0.15) is 17.5 Å². The molecule has 0 spiro atoms. The van der Waals surface area contributed by atoms with E-state index < -0.39 is 0 Å². The summed E-state index contributed by atoms with van der Waals surface area (Å²) < 4.78 is 7.29. The van der Waals surface area contributed by atoms with Crippen molar-refractivity contribution < 1.29 is 9.84 Å². The van der Waals surface area contributed by atoms with Gasteiger partial charge in [0, 0.05) is 18.8 Å². The summed E-state index contributed by atoms with van der Waals surface area (Å²) >= 11 is 0. The van der Waals surface area contributed by atoms with Crippen molar-refractivity contribution >= 4 is 22.8 Å². The highest BCUT2D eigenvalue weighted by molar-refractivity contribution is 5.84. The van der Waals surface area contributed by atoms with Crippen LogP contribution in [0.25, 0.3) is 22.2 Å². The zero-order valence-electron chi connectivity index (χ0n) is 18.2. The molecule has 4 aromatic rings. The molecule has 4 rings (SSSR count). The summed E-state index contributed by atoms with van der Waals surface area (Å²) in [4.78, 5) is 13.2. The third-order valence-corrected chi connectivity index (χ3v) is 5.37. The molecule has 0 saturated heterocycles. The van der Waals surface area contributed by atoms with Gasteiger partial charge in [-0.25, -0.2) is 9.97 Å². The van der Waals surface area contributed by atoms with Gasteiger partial charge in [0.25, 0.3) is 0 Å². The molecule has 4 N–H and O–H groups in total. The molecule has 162 valence electrons. The van der Waals surface area contributed by atoms with Gasteiger partial charge in [0.2, 0.25) is 5.95 Å². The summed E-state index contributed by atoms with van der Waals surface area (Å²) in [7, 11) is 3.46. The number of benzene rings is 1. The number of nitriles is 1. The zero-order chi connectivity index (χ0) is 23.0. The number of methoxy groups -OCH3 is 1. The number of phenols is 1. The highest BCUT2D eigenvalue weighted by Gasteiger charge is 2.20. The van der Waals surface area contributed by atoms with Gasteiger partial charge in [-0.1, -0.05) is 6.07 Å². The normalized spacial score (nSPS) is 11.8. The Bertz CT molecular complexity index is 1370. The van der Waals surface area contributed by atoms with Crippen LogP contribution < -0.4 is 15.8 Å². The first-order valence-corrected chi connectivity index (χ1v) is 9.96. The van der Waals surface area contributed by atoms with E-state index in [2.05, 4.69) is 21.4 Å². The number of hydrogen-bond donors (Lipinski definition) is 3. The number of aryl methyl sites for hydroxylation is 2. The summed E-state index contributed by atoms with van der Waals surface area (Å²) in [5.41, 5.74) is 10.9. The van der Waals surface area contributed by atoms with Gasteiger partial charge in [0.05, 0.1) is 35.6 Å². The topological polar surface area (TPSA) is 135 Å². The van der Waals surface area contributed by atoms with Crippen LogP contribution in [0, 0.1) is 18.3 Å². The second-order valence-electron chi connectivity index (χ2n) is 7.51. The molecule has 0 radical (unpaired) electrons. The molecule has 0 bridgehead atoms. The number of nitrogens with two attached hydrogens (primary N) is 1. The predicted molar refractivity (Wildman–Crippen MR) is 122 cm³/mol. The third kappa shape index (κ3) is 3.63. The number of aromatic hydroxyl groups is 1. The Hall–Kier alpha value is -4.32. The van der Waals surface area contributed by atoms with Crippen LogP contribution in [0.5, 0.6) is 11.5 Å². The summed E-state index contributed by atoms with van der Waals surface area (Å²) in [6, 6.07) is 11.0. The highest BCUT2D eigenvalue weighted by Crippen LogP contribution is 2.36. The molecule has 1 atom stereocenters. The maximum absolute atomic E-state index is 10.0. The summed E-state index contributed by atoms with van der Waals surface area (Å²) in [6.45, 7) is 3.65. The number of ether oxygens (including phenoxy) is 1. The average molecular weight is 429 g/mol. The quantitative estimate of drug-likeness (QED) is 0.437. The zero-order valence-corrected chi connectivity index (χ0v) is 18.2. The summed E-state index contributed by atoms with van der Waals surface area (Å²) in [6.07, 6.45) is 1.95. The Balaban J connectivity index is 1.87. The number of fused-ring (bicyclic) bond motifs is 1. The maximum Gasteiger partial charge on any atom is 0.222 e. The van der Waals surface area contributed by atoms with E-state index in [-0.39, 0.29) is 17.7 Å². The van der Waals surface area contributed by atoms with E-state index in [1.165, 1.54) is 7.11 Å². The van der Waals surface area contributed by atoms with Crippen LogP contribution in [-0.4, -0.2) is 31.7 Å². The first-order chi connectivity index (χ1) is 15.3. The molecule has 32 heavy (non-hydrogen) atoms. The third-order valence-electron chi connectivity index (χ3n) is 5.37. The molecule has 9 heteroatoms. The van der Waals surface area contributed by atoms with Crippen molar-refractivity contribution in [1.29, 1.82) is 5.26 Å². The van der Waals surface area contributed by atoms with Gasteiger partial charge in [-0.2, -0.15) is 10.2 Å². The van der Waals surface area contributed by atoms with Gasteiger partial charge < -0.3 is 25.5 Å². The van der Waals surface area contributed by atoms with Crippen molar-refractivity contribution in [3.63, 3.8) is 0 Å². The van der Waals surface area contributed by atoms with Crippen molar-refractivity contribution in [1.82, 2.24) is 19.5 Å². The molecule has 0 aliphatic heterocycles. The lowest BCUT2D eigenvalue weighted by Crippen LogP contribution is -2.14. The highest BCUT2D eigenvalue weighted by atomic mass is 16.5. The predicted octanol–water partition coefficient (Wildman–Crippen LogP) is 3.68. The number of anilines is 2. The Morgan fingerprint density at radius 2 is 2.00 bits per heavy atom. The number of hydrogen-bond acceptors (Lipinski definition) is 8. The van der Waals surface area contributed by atoms with E-state index in [0.29, 0.717) is 22.8 Å². The van der Waals surface area contributed by atoms with Crippen LogP contribution in [0.4, 0.5) is 11.8 Å². The van der Waals surface area contributed by atoms with E-state index in [1.807, 2.05) is 42.9 Å². The Morgan fingerprint density at radius 3 is 2.72 bits per heavy atom. The second-order valence-corrected chi connectivity index (χ2v) is 7.51. The molecule has 0 fully saturated rings. The Kier molecular flexibility index (Phi) is 5.28. The number of rotatable bonds is 5. The molecule has 0 saturated carbocycles. The molecule has 0 aliphatic rings. The van der Waals surface area contributed by atoms with Gasteiger partial charge in [-0.05, 0) is 43.7 Å². The minimum atomic E-state index is -0.324. The number of nitrogens with zero attached hydrogens (tertiary/aromatic N) is 5. The number of aromatic nitrogens is 4. The van der Waals surface area contributed by atoms with Crippen LogP contribution in [0.1, 0.15) is 29.9 Å². The van der Waals surface area contributed by atoms with Crippen molar-refractivity contribution in [2.45, 2.75) is 19.9 Å². The fourth-order valence-electron chi connectivity index (χ4n) is 3.71. The minimum absolute atomic E-state index is 0.0578. The molecule has 9 nitrogen and oxygen atoms in total. The average Bonchev–Trinajstić information content (AvgIpc) is 3.13. The van der Waals surface area contributed by atoms with E-state index in [4.69, 9.17) is 15.5 Å². The van der Waals surface area contributed by atoms with E-state index >= 15 is 0 Å². The van der Waals surface area contributed by atoms with Gasteiger partial charge in [-0.15, -0.1) is 0 Å². The molecule has 3 aromatic heterocycles. The largest absolute Gasteiger partial charge is 0.504 e. The van der Waals surface area contributed by atoms with Crippen LogP contribution in [-0.2, 0) is 7.05 Å². The number of pyridine rings is 1. The number of nitrogen functional groups attached to an aromatic ring is 1. The second kappa shape index (κ2) is 8.07. The van der Waals surface area contributed by atoms with E-state index in [0.717, 1.165) is 27.9 Å². The van der Waals surface area contributed by atoms with Gasteiger partial charge in [-0.3, -0.25) is 0 Å². The molecular formula is C23H23N7O2. The van der Waals surface area contributed by atoms with Crippen molar-refractivity contribution in [2.75, 3.05) is 18.2 Å². The lowest BCUT2D eigenvalue weighted by atomic mass is 9.99. The number of nitrogens with one attached hydrogen (secondary N) is 1. The van der Waals surface area contributed by atoms with Crippen LogP contribution in [0.3, 0.4) is 0 Å². The Morgan fingerprint density at radius 1 is 1.22 bits per heavy atom. The molecular weight excluding hydrogens is 406 g/mol. The van der Waals surface area contributed by atoms with E-state index in [9.17, 15) is 10.4 Å². The van der Waals surface area contributed by atoms with E-state index in [1.54, 1.807) is 19.1 Å². The van der Waals surface area contributed by atoms with Crippen molar-refractivity contribution in [3.05, 3.63) is 53.5 Å². The monoisotopic (exact) mass is 429 g/mol. The van der Waals surface area contributed by atoms with Crippen molar-refractivity contribution in [3.8, 4) is 28.7 Å². The standard InChI is InChI=1S/C23H23N7O2/c1-12-16(11-24)22(29-23(25)27-12)26-13(2)21-15(10-18-17(28-21)7-8-30(18)3)14-5-6-19(31)20(9-14)32-4/h5-10,13,31H,1-4H3,(H3,25,26,27,29). The van der Waals surface area contributed by atoms with Crippen LogP contribution in [0.2, 0.25) is 0 Å². The summed E-state index contributed by atoms with van der Waals surface area (Å²) in [5, 5.41) is 22.9. The van der Waals surface area contributed by atoms with Crippen LogP contribution >= 0.6 is 0 Å². The lowest BCUT2D eigenvalue weighted by molar-refractivity contribution is 0.373. The minimum Gasteiger partial charge on any atom is -0.504 e. The van der Waals surface area contributed by atoms with Crippen LogP contribution in [0.15, 0.2) is 36.5 Å². The molecule has 0 aliphatic carbocycles. The smallest absolute Gasteiger partial charge is 0.222 e. The molecule has 1 unspecified atom stereocenters. The van der Waals surface area contributed by atoms with Gasteiger partial charge in [0.15, 0.2) is 11.5 Å². The number of phenolic OH excluding ortho intramolecular Hbond substituents is 1. The SMILES string of the molecule is COc1cc(-c2cc3c(ccn3C)nc2C(C)Nc2nc(N)nc(C)c2C#N)ccc1O.